The van der Waals surface area contributed by atoms with Crippen LogP contribution in [0.15, 0.2) is 67.0 Å². The van der Waals surface area contributed by atoms with E-state index >= 15 is 0 Å². The zero-order chi connectivity index (χ0) is 19.3. The summed E-state index contributed by atoms with van der Waals surface area (Å²) >= 11 is 0. The molecule has 142 valence electrons. The molecule has 0 aliphatic carbocycles. The van der Waals surface area contributed by atoms with Gasteiger partial charge in [-0.25, -0.2) is 14.4 Å². The first-order chi connectivity index (χ1) is 13.7. The van der Waals surface area contributed by atoms with E-state index in [1.165, 1.54) is 18.5 Å². The minimum atomic E-state index is -0.269. The average molecular weight is 376 g/mol. The van der Waals surface area contributed by atoms with Gasteiger partial charge in [0.05, 0.1) is 12.1 Å². The average Bonchev–Trinajstić information content (AvgIpc) is 2.75. The molecule has 1 aliphatic rings. The highest BCUT2D eigenvalue weighted by Crippen LogP contribution is 2.22. The number of carbonyl (C=O) groups excluding carboxylic acids is 1. The highest BCUT2D eigenvalue weighted by atomic mass is 19.1. The van der Waals surface area contributed by atoms with Gasteiger partial charge in [0.1, 0.15) is 18.0 Å². The Kier molecular flexibility index (Phi) is 5.28. The van der Waals surface area contributed by atoms with Crippen molar-refractivity contribution in [2.75, 3.05) is 31.1 Å². The molecule has 0 bridgehead atoms. The van der Waals surface area contributed by atoms with E-state index in [1.807, 2.05) is 41.3 Å². The lowest BCUT2D eigenvalue weighted by molar-refractivity contribution is -0.130. The topological polar surface area (TPSA) is 49.3 Å². The summed E-state index contributed by atoms with van der Waals surface area (Å²) in [6.07, 6.45) is 1.96. The van der Waals surface area contributed by atoms with Gasteiger partial charge in [-0.3, -0.25) is 4.79 Å². The van der Waals surface area contributed by atoms with E-state index in [1.54, 1.807) is 12.1 Å². The van der Waals surface area contributed by atoms with Crippen molar-refractivity contribution in [3.63, 3.8) is 0 Å². The molecular formula is C22H21FN4O. The Morgan fingerprint density at radius 1 is 0.929 bits per heavy atom. The molecule has 1 saturated heterocycles. The molecule has 0 unspecified atom stereocenters. The molecule has 2 heterocycles. The third-order valence-corrected chi connectivity index (χ3v) is 4.95. The van der Waals surface area contributed by atoms with Gasteiger partial charge in [-0.1, -0.05) is 30.3 Å². The van der Waals surface area contributed by atoms with Crippen LogP contribution < -0.4 is 4.90 Å². The van der Waals surface area contributed by atoms with Gasteiger partial charge < -0.3 is 9.80 Å². The lowest BCUT2D eigenvalue weighted by atomic mass is 10.1. The highest BCUT2D eigenvalue weighted by molar-refractivity contribution is 5.79. The van der Waals surface area contributed by atoms with Crippen LogP contribution >= 0.6 is 0 Å². The fourth-order valence-corrected chi connectivity index (χ4v) is 3.37. The van der Waals surface area contributed by atoms with Crippen molar-refractivity contribution in [2.24, 2.45) is 0 Å². The second kappa shape index (κ2) is 8.17. The van der Waals surface area contributed by atoms with Gasteiger partial charge in [0.2, 0.25) is 5.91 Å². The van der Waals surface area contributed by atoms with Crippen LogP contribution in [0.2, 0.25) is 0 Å². The van der Waals surface area contributed by atoms with E-state index in [0.717, 1.165) is 35.7 Å². The Bertz CT molecular complexity index is 938. The van der Waals surface area contributed by atoms with E-state index in [9.17, 15) is 9.18 Å². The fraction of sp³-hybridized carbons (Fsp3) is 0.227. The zero-order valence-electron chi connectivity index (χ0n) is 15.5. The summed E-state index contributed by atoms with van der Waals surface area (Å²) in [5.74, 6) is 0.708. The van der Waals surface area contributed by atoms with Crippen LogP contribution in [0.1, 0.15) is 5.56 Å². The number of carbonyl (C=O) groups is 1. The van der Waals surface area contributed by atoms with Crippen molar-refractivity contribution in [3.05, 3.63) is 78.4 Å². The van der Waals surface area contributed by atoms with Gasteiger partial charge in [0.15, 0.2) is 0 Å². The molecular weight excluding hydrogens is 355 g/mol. The van der Waals surface area contributed by atoms with E-state index < -0.39 is 0 Å². The smallest absolute Gasteiger partial charge is 0.227 e. The van der Waals surface area contributed by atoms with Gasteiger partial charge in [-0.05, 0) is 29.8 Å². The van der Waals surface area contributed by atoms with Gasteiger partial charge in [-0.2, -0.15) is 0 Å². The second-order valence-electron chi connectivity index (χ2n) is 6.80. The molecule has 1 amide bonds. The summed E-state index contributed by atoms with van der Waals surface area (Å²) in [7, 11) is 0. The maximum Gasteiger partial charge on any atom is 0.227 e. The maximum atomic E-state index is 13.1. The molecule has 0 saturated carbocycles. The van der Waals surface area contributed by atoms with Crippen molar-refractivity contribution < 1.29 is 9.18 Å². The first-order valence-corrected chi connectivity index (χ1v) is 9.34. The fourth-order valence-electron chi connectivity index (χ4n) is 3.37. The molecule has 1 aliphatic heterocycles. The number of rotatable bonds is 4. The molecule has 1 aromatic heterocycles. The number of halogens is 1. The van der Waals surface area contributed by atoms with Gasteiger partial charge in [-0.15, -0.1) is 0 Å². The lowest BCUT2D eigenvalue weighted by Crippen LogP contribution is -2.49. The van der Waals surface area contributed by atoms with Crippen molar-refractivity contribution >= 4 is 11.7 Å². The van der Waals surface area contributed by atoms with Crippen molar-refractivity contribution in [2.45, 2.75) is 6.42 Å². The molecule has 4 rings (SSSR count). The molecule has 28 heavy (non-hydrogen) atoms. The van der Waals surface area contributed by atoms with Crippen LogP contribution in [0.3, 0.4) is 0 Å². The van der Waals surface area contributed by atoms with Crippen LogP contribution in [0.5, 0.6) is 0 Å². The Labute approximate surface area is 163 Å². The third-order valence-electron chi connectivity index (χ3n) is 4.95. The van der Waals surface area contributed by atoms with Gasteiger partial charge in [0, 0.05) is 37.8 Å². The molecule has 0 radical (unpaired) electrons. The number of nitrogens with zero attached hydrogens (tertiary/aromatic N) is 4. The molecule has 0 atom stereocenters. The number of benzene rings is 2. The van der Waals surface area contributed by atoms with Gasteiger partial charge in [0.25, 0.3) is 0 Å². The van der Waals surface area contributed by atoms with Crippen LogP contribution in [0.4, 0.5) is 10.2 Å². The Morgan fingerprint density at radius 2 is 1.64 bits per heavy atom. The maximum absolute atomic E-state index is 13.1. The minimum Gasteiger partial charge on any atom is -0.353 e. The van der Waals surface area contributed by atoms with Gasteiger partial charge >= 0.3 is 0 Å². The molecule has 0 N–H and O–H groups in total. The van der Waals surface area contributed by atoms with Crippen LogP contribution in [-0.2, 0) is 11.2 Å². The first-order valence-electron chi connectivity index (χ1n) is 9.34. The number of hydrogen-bond acceptors (Lipinski definition) is 4. The second-order valence-corrected chi connectivity index (χ2v) is 6.80. The summed E-state index contributed by atoms with van der Waals surface area (Å²) in [6.45, 7) is 2.78. The van der Waals surface area contributed by atoms with E-state index in [4.69, 9.17) is 0 Å². The van der Waals surface area contributed by atoms with Crippen molar-refractivity contribution in [3.8, 4) is 11.3 Å². The summed E-state index contributed by atoms with van der Waals surface area (Å²) in [5, 5.41) is 0. The molecule has 6 heteroatoms. The molecule has 3 aromatic rings. The number of amides is 1. The minimum absolute atomic E-state index is 0.153. The number of piperazine rings is 1. The zero-order valence-corrected chi connectivity index (χ0v) is 15.5. The van der Waals surface area contributed by atoms with E-state index in [-0.39, 0.29) is 11.7 Å². The summed E-state index contributed by atoms with van der Waals surface area (Å²) in [4.78, 5) is 25.3. The summed E-state index contributed by atoms with van der Waals surface area (Å²) < 4.78 is 13.1. The summed E-state index contributed by atoms with van der Waals surface area (Å²) in [6, 6.07) is 18.0. The van der Waals surface area contributed by atoms with Crippen LogP contribution in [0.25, 0.3) is 11.3 Å². The third kappa shape index (κ3) is 4.17. The first kappa shape index (κ1) is 18.1. The highest BCUT2D eigenvalue weighted by Gasteiger charge is 2.22. The number of anilines is 1. The van der Waals surface area contributed by atoms with Crippen LogP contribution in [-0.4, -0.2) is 47.0 Å². The van der Waals surface area contributed by atoms with Crippen molar-refractivity contribution in [1.82, 2.24) is 14.9 Å². The normalized spacial score (nSPS) is 14.2. The monoisotopic (exact) mass is 376 g/mol. The Hall–Kier alpha value is -3.28. The number of aromatic nitrogens is 2. The quantitative estimate of drug-likeness (QED) is 0.702. The Morgan fingerprint density at radius 3 is 2.36 bits per heavy atom. The lowest BCUT2D eigenvalue weighted by Gasteiger charge is -2.35. The molecule has 1 fully saturated rings. The predicted octanol–water partition coefficient (Wildman–Crippen LogP) is 3.17. The summed E-state index contributed by atoms with van der Waals surface area (Å²) in [5.41, 5.74) is 2.64. The molecule has 2 aromatic carbocycles. The van der Waals surface area contributed by atoms with Crippen LogP contribution in [0, 0.1) is 5.82 Å². The molecule has 5 nitrogen and oxygen atoms in total. The Balaban J connectivity index is 1.39. The predicted molar refractivity (Wildman–Crippen MR) is 106 cm³/mol. The number of hydrogen-bond donors (Lipinski definition) is 0. The standard InChI is InChI=1S/C22H21FN4O/c23-19-8-6-18(7-9-19)20-15-21(25-16-24-20)26-10-12-27(13-11-26)22(28)14-17-4-2-1-3-5-17/h1-9,15-16H,10-14H2. The largest absolute Gasteiger partial charge is 0.353 e. The van der Waals surface area contributed by atoms with Crippen molar-refractivity contribution in [1.29, 1.82) is 0 Å². The van der Waals surface area contributed by atoms with E-state index in [2.05, 4.69) is 14.9 Å². The SMILES string of the molecule is O=C(Cc1ccccc1)N1CCN(c2cc(-c3ccc(F)cc3)ncn2)CC1. The molecule has 0 spiro atoms. The van der Waals surface area contributed by atoms with E-state index in [0.29, 0.717) is 19.5 Å².